The molecule has 24 nitrogen and oxygen atoms in total. The molecule has 3 N–H and O–H groups in total. The van der Waals surface area contributed by atoms with E-state index in [4.69, 9.17) is 64.0 Å². The number of amides is 3. The fraction of sp³-hybridized carbons (Fsp3) is 0.452. The molecule has 3 aromatic carbocycles. The molecule has 0 spiro atoms. The number of carbonyl (C=O) groups excluding carboxylic acids is 3. The van der Waals surface area contributed by atoms with E-state index in [0.717, 1.165) is 161 Å². The lowest BCUT2D eigenvalue weighted by molar-refractivity contribution is -0.00465. The van der Waals surface area contributed by atoms with Gasteiger partial charge in [-0.3, -0.25) is 29.7 Å². The van der Waals surface area contributed by atoms with Gasteiger partial charge in [0, 0.05) is 133 Å². The van der Waals surface area contributed by atoms with Crippen LogP contribution in [0.3, 0.4) is 0 Å². The van der Waals surface area contributed by atoms with E-state index in [1.165, 1.54) is 0 Å². The van der Waals surface area contributed by atoms with Crippen molar-refractivity contribution in [1.29, 1.82) is 0 Å². The van der Waals surface area contributed by atoms with Crippen LogP contribution in [0.5, 0.6) is 0 Å². The van der Waals surface area contributed by atoms with E-state index in [0.29, 0.717) is 111 Å². The second-order valence-corrected chi connectivity index (χ2v) is 36.3. The highest BCUT2D eigenvalue weighted by molar-refractivity contribution is 6.31. The Hall–Kier alpha value is -9.60. The van der Waals surface area contributed by atoms with Crippen molar-refractivity contribution in [1.82, 2.24) is 73.0 Å². The number of pyridine rings is 3. The van der Waals surface area contributed by atoms with Crippen LogP contribution in [0.25, 0.3) is 34.9 Å². The summed E-state index contributed by atoms with van der Waals surface area (Å²) in [5.41, 5.74) is 10.4. The molecule has 1 unspecified atom stereocenters. The number of fused-ring (bicyclic) bond motifs is 6. The summed E-state index contributed by atoms with van der Waals surface area (Å²) in [6.45, 7) is 19.0. The minimum atomic E-state index is -1.34. The third-order valence-corrected chi connectivity index (χ3v) is 27.1. The van der Waals surface area contributed by atoms with Crippen LogP contribution < -0.4 is 0 Å². The number of nitrogens with zero attached hydrogens (tertiary/aromatic N) is 15. The molecule has 9 heterocycles. The van der Waals surface area contributed by atoms with Gasteiger partial charge in [0.25, 0.3) is 0 Å². The van der Waals surface area contributed by atoms with Crippen molar-refractivity contribution in [3.8, 4) is 0 Å². The van der Waals surface area contributed by atoms with Crippen LogP contribution in [0.1, 0.15) is 221 Å². The van der Waals surface area contributed by atoms with E-state index >= 15 is 0 Å². The summed E-state index contributed by atoms with van der Waals surface area (Å²) in [4.78, 5) is 79.1. The van der Waals surface area contributed by atoms with Gasteiger partial charge in [-0.15, -0.1) is 0 Å². The van der Waals surface area contributed by atoms with Gasteiger partial charge in [-0.25, -0.2) is 29.3 Å². The highest BCUT2D eigenvalue weighted by atomic mass is 35.5. The van der Waals surface area contributed by atoms with Crippen molar-refractivity contribution in [3.05, 3.63) is 246 Å². The first-order valence-corrected chi connectivity index (χ1v) is 43.3. The molecule has 0 bridgehead atoms. The molecular formula is C93H108Cl3N15O9. The van der Waals surface area contributed by atoms with Crippen molar-refractivity contribution in [2.45, 2.75) is 170 Å². The molecule has 9 aromatic rings. The van der Waals surface area contributed by atoms with Crippen LogP contribution in [-0.2, 0) is 52.2 Å². The Morgan fingerprint density at radius 2 is 0.642 bits per heavy atom. The smallest absolute Gasteiger partial charge is 0.410 e. The monoisotopic (exact) mass is 1680 g/mol. The summed E-state index contributed by atoms with van der Waals surface area (Å²) in [6.07, 6.45) is 33.3. The van der Waals surface area contributed by atoms with Gasteiger partial charge in [0.05, 0.1) is 89.9 Å². The zero-order chi connectivity index (χ0) is 84.2. The number of rotatable bonds is 12. The van der Waals surface area contributed by atoms with Crippen LogP contribution in [0.2, 0.25) is 15.1 Å². The number of hydrogen-bond donors (Lipinski definition) is 3. The third-order valence-electron chi connectivity index (χ3n) is 26.4. The first kappa shape index (κ1) is 84.0. The zero-order valence-corrected chi connectivity index (χ0v) is 72.2. The number of benzene rings is 3. The summed E-state index contributed by atoms with van der Waals surface area (Å²) in [6, 6.07) is 29.0. The molecule has 6 fully saturated rings. The molecule has 6 atom stereocenters. The maximum Gasteiger partial charge on any atom is 0.410 e. The predicted molar refractivity (Wildman–Crippen MR) is 464 cm³/mol. The summed E-state index contributed by atoms with van der Waals surface area (Å²) in [7, 11) is 5.63. The largest absolute Gasteiger partial charge is 0.443 e. The summed E-state index contributed by atoms with van der Waals surface area (Å²) >= 11 is 19.7. The van der Waals surface area contributed by atoms with Crippen molar-refractivity contribution in [2.75, 3.05) is 78.5 Å². The van der Waals surface area contributed by atoms with Crippen LogP contribution in [0, 0.1) is 0 Å². The van der Waals surface area contributed by atoms with Crippen LogP contribution in [0.4, 0.5) is 14.4 Å². The molecule has 3 aliphatic heterocycles. The maximum absolute atomic E-state index is 13.0. The number of aromatic nitrogens is 9. The quantitative estimate of drug-likeness (QED) is 0.0961. The lowest BCUT2D eigenvalue weighted by Crippen LogP contribution is -2.51. The van der Waals surface area contributed by atoms with Crippen molar-refractivity contribution in [3.63, 3.8) is 0 Å². The summed E-state index contributed by atoms with van der Waals surface area (Å²) < 4.78 is 23.4. The fourth-order valence-electron chi connectivity index (χ4n) is 19.7. The highest BCUT2D eigenvalue weighted by Gasteiger charge is 2.46. The highest BCUT2D eigenvalue weighted by Crippen LogP contribution is 2.51. The van der Waals surface area contributed by atoms with Crippen LogP contribution >= 0.6 is 34.8 Å². The number of hydrogen-bond acceptors (Lipinski definition) is 18. The number of aryl methyl sites for hydroxylation is 3. The average Bonchev–Trinajstić information content (AvgIpc) is 1.59. The average molecular weight is 1690 g/mol. The number of ether oxygens (including phenoxy) is 3. The lowest BCUT2D eigenvalue weighted by atomic mass is 9.84. The number of imidazole rings is 3. The van der Waals surface area contributed by atoms with Gasteiger partial charge in [-0.2, -0.15) is 0 Å². The maximum atomic E-state index is 13.0. The van der Waals surface area contributed by atoms with Gasteiger partial charge in [-0.1, -0.05) is 71.2 Å². The van der Waals surface area contributed by atoms with E-state index in [-0.39, 0.29) is 53.2 Å². The molecule has 6 aliphatic carbocycles. The minimum Gasteiger partial charge on any atom is -0.443 e. The fourth-order valence-corrected chi connectivity index (χ4v) is 20.2. The molecule has 630 valence electrons. The molecule has 18 rings (SSSR count). The van der Waals surface area contributed by atoms with Crippen LogP contribution in [-0.4, -0.2) is 202 Å². The SMILES string of the molecule is Cn1cncc1C(C)(O)C1=Cc2cccnc2[C@@H](N2CCN(C(=O)OC3(C)CCCC3)CC2)c2ccc(Cl)cc21.Cn1cncc1[C@@](C)(O)C1=Cc2cccnc2[C@@H](N2CCN(C(=O)OC3(C)CCCC3)CC2)c2ccc(Cl)cc21.Cn1cncc1[C@](C)(O)C1=Cc2cccnc2[C@@H](N2CCN(C(=O)OC3(C)CCCC3)CC2)c2ccc(Cl)cc21. The molecular weight excluding hydrogens is 1580 g/mol. The number of piperazine rings is 3. The number of aliphatic hydroxyl groups is 3. The van der Waals surface area contributed by atoms with E-state index in [1.54, 1.807) is 58.3 Å². The van der Waals surface area contributed by atoms with Gasteiger partial charge in [0.15, 0.2) is 0 Å². The molecule has 3 saturated carbocycles. The molecule has 9 aliphatic rings. The molecule has 6 aromatic heterocycles. The van der Waals surface area contributed by atoms with E-state index in [9.17, 15) is 29.7 Å². The first-order chi connectivity index (χ1) is 57.5. The van der Waals surface area contributed by atoms with E-state index in [2.05, 4.69) is 50.4 Å². The Labute approximate surface area is 717 Å². The van der Waals surface area contributed by atoms with E-state index < -0.39 is 16.8 Å². The third kappa shape index (κ3) is 16.9. The first-order valence-electron chi connectivity index (χ1n) is 42.1. The van der Waals surface area contributed by atoms with Gasteiger partial charge in [0.1, 0.15) is 33.6 Å². The Balaban J connectivity index is 0.000000134. The van der Waals surface area contributed by atoms with Gasteiger partial charge in [-0.05, 0) is 258 Å². The Bertz CT molecular complexity index is 4870. The second kappa shape index (κ2) is 34.0. The van der Waals surface area contributed by atoms with Gasteiger partial charge in [0.2, 0.25) is 0 Å². The number of carbonyl (C=O) groups is 3. The summed E-state index contributed by atoms with van der Waals surface area (Å²) in [5.74, 6) is 0. The molecule has 27 heteroatoms. The van der Waals surface area contributed by atoms with Crippen molar-refractivity contribution >= 4 is 88.0 Å². The Morgan fingerprint density at radius 1 is 0.392 bits per heavy atom. The van der Waals surface area contributed by atoms with Crippen molar-refractivity contribution in [2.24, 2.45) is 21.1 Å². The lowest BCUT2D eigenvalue weighted by Gasteiger charge is -2.40. The minimum absolute atomic E-state index is 0.176. The standard InChI is InChI=1S/3C31H36ClN5O3/c3*1-30(10-4-5-11-30)40-29(38)37-15-13-36(14-16-37)28-23-9-8-22(32)18-24(23)25(17-21-7-6-12-34-27(21)28)31(2,39)26-19-33-20-35(26)3/h3*6-9,12,17-20,28,39H,4-5,10-11,13-16H2,1-3H3/t28-,31?;28-,31+;28-,31-/m000/s1. The molecule has 3 saturated heterocycles. The second-order valence-electron chi connectivity index (χ2n) is 35.0. The zero-order valence-electron chi connectivity index (χ0n) is 69.9. The normalized spacial score (nSPS) is 22.1. The van der Waals surface area contributed by atoms with Crippen LogP contribution in [0.15, 0.2) is 147 Å². The van der Waals surface area contributed by atoms with Gasteiger partial charge >= 0.3 is 18.3 Å². The molecule has 0 radical (unpaired) electrons. The molecule has 120 heavy (non-hydrogen) atoms. The number of halogens is 3. The predicted octanol–water partition coefficient (Wildman–Crippen LogP) is 16.2. The summed E-state index contributed by atoms with van der Waals surface area (Å²) in [5, 5.41) is 37.9. The van der Waals surface area contributed by atoms with Crippen molar-refractivity contribution < 1.29 is 43.9 Å². The van der Waals surface area contributed by atoms with Gasteiger partial charge < -0.3 is 57.9 Å². The Kier molecular flexibility index (Phi) is 23.8. The topological polar surface area (TPSA) is 251 Å². The molecule has 3 amide bonds. The van der Waals surface area contributed by atoms with E-state index in [1.807, 2.05) is 177 Å². The Morgan fingerprint density at radius 3 is 0.875 bits per heavy atom.